The maximum atomic E-state index is 13.4. The number of esters is 1. The van der Waals surface area contributed by atoms with Crippen molar-refractivity contribution < 1.29 is 47.9 Å². The summed E-state index contributed by atoms with van der Waals surface area (Å²) in [7, 11) is 0. The molecule has 0 aromatic rings. The first-order chi connectivity index (χ1) is 19.6. The standard InChI is InChI=1S/C25H33N5O10S/c31-16-12-15(22(36)28-16)39-19(34)6-3-4-10-25(21-14(13-41-25)27-24(38)29-21)23(37)26-11-5-1-2-7-20(35)40-30-17(32)8-9-18(30)33/h14-15,21H,1-13H2,(H,26,37)(H2,27,29,38)(H,28,31,36)/t14-,15?,21-,25-/m0/s1. The van der Waals surface area contributed by atoms with Crippen molar-refractivity contribution in [3.05, 3.63) is 0 Å². The Labute approximate surface area is 239 Å². The predicted molar refractivity (Wildman–Crippen MR) is 139 cm³/mol. The first kappa shape index (κ1) is 30.3. The van der Waals surface area contributed by atoms with E-state index in [1.807, 2.05) is 0 Å². The van der Waals surface area contributed by atoms with Crippen LogP contribution in [0.2, 0.25) is 0 Å². The van der Waals surface area contributed by atoms with Crippen LogP contribution in [0.4, 0.5) is 4.79 Å². The number of nitrogens with one attached hydrogen (secondary N) is 4. The third kappa shape index (κ3) is 7.34. The van der Waals surface area contributed by atoms with E-state index in [2.05, 4.69) is 21.3 Å². The van der Waals surface area contributed by atoms with Gasteiger partial charge in [0.2, 0.25) is 11.8 Å². The Bertz CT molecular complexity index is 1120. The van der Waals surface area contributed by atoms with Crippen molar-refractivity contribution in [1.29, 1.82) is 0 Å². The number of urea groups is 1. The quantitative estimate of drug-likeness (QED) is 0.0857. The highest BCUT2D eigenvalue weighted by molar-refractivity contribution is 8.01. The SMILES string of the molecule is O=C1CC(OC(=O)CCCC[C@]2(C(=O)NCCCCCC(=O)ON3C(=O)CCC3=O)SC[C@@H]3NC(=O)N[C@@H]32)C(=O)N1. The molecule has 0 aromatic carbocycles. The summed E-state index contributed by atoms with van der Waals surface area (Å²) < 4.78 is 4.14. The van der Waals surface area contributed by atoms with Crippen LogP contribution >= 0.6 is 11.8 Å². The van der Waals surface area contributed by atoms with Gasteiger partial charge in [0.1, 0.15) is 4.75 Å². The molecule has 4 aliphatic heterocycles. The molecule has 4 rings (SSSR count). The zero-order chi connectivity index (χ0) is 29.6. The number of hydrogen-bond acceptors (Lipinski definition) is 11. The number of amides is 7. The molecule has 7 amide bonds. The lowest BCUT2D eigenvalue weighted by molar-refractivity contribution is -0.197. The van der Waals surface area contributed by atoms with Crippen LogP contribution in [-0.2, 0) is 43.1 Å². The smallest absolute Gasteiger partial charge is 0.333 e. The van der Waals surface area contributed by atoms with E-state index in [1.54, 1.807) is 0 Å². The van der Waals surface area contributed by atoms with Crippen LogP contribution in [0.15, 0.2) is 0 Å². The van der Waals surface area contributed by atoms with Gasteiger partial charge in [-0.25, -0.2) is 9.59 Å². The number of unbranched alkanes of at least 4 members (excludes halogenated alkanes) is 3. The number of rotatable bonds is 14. The van der Waals surface area contributed by atoms with Crippen LogP contribution in [-0.4, -0.2) is 87.8 Å². The molecular weight excluding hydrogens is 562 g/mol. The number of imide groups is 2. The fourth-order valence-electron chi connectivity index (χ4n) is 5.22. The topological polar surface area (TPSA) is 206 Å². The molecule has 0 spiro atoms. The largest absolute Gasteiger partial charge is 0.452 e. The highest BCUT2D eigenvalue weighted by Gasteiger charge is 2.57. The number of carbonyl (C=O) groups is 8. The van der Waals surface area contributed by atoms with Gasteiger partial charge >= 0.3 is 18.0 Å². The third-order valence-corrected chi connectivity index (χ3v) is 9.02. The molecule has 4 N–H and O–H groups in total. The van der Waals surface area contributed by atoms with Gasteiger partial charge in [0.05, 0.1) is 18.5 Å². The zero-order valence-corrected chi connectivity index (χ0v) is 23.2. The average molecular weight is 596 g/mol. The number of carbonyl (C=O) groups excluding carboxylic acids is 8. The van der Waals surface area contributed by atoms with E-state index in [9.17, 15) is 38.4 Å². The molecule has 4 saturated heterocycles. The molecule has 4 atom stereocenters. The molecule has 224 valence electrons. The maximum Gasteiger partial charge on any atom is 0.333 e. The summed E-state index contributed by atoms with van der Waals surface area (Å²) in [6, 6.07) is -0.970. The number of fused-ring (bicyclic) bond motifs is 1. The van der Waals surface area contributed by atoms with E-state index < -0.39 is 52.5 Å². The van der Waals surface area contributed by atoms with Crippen LogP contribution in [0.25, 0.3) is 0 Å². The van der Waals surface area contributed by atoms with Crippen molar-refractivity contribution >= 4 is 59.3 Å². The normalized spacial score (nSPS) is 26.9. The molecular formula is C25H33N5O10S. The monoisotopic (exact) mass is 595 g/mol. The van der Waals surface area contributed by atoms with Crippen LogP contribution in [0.3, 0.4) is 0 Å². The highest BCUT2D eigenvalue weighted by Crippen LogP contribution is 2.44. The first-order valence-electron chi connectivity index (χ1n) is 13.7. The first-order valence-corrected chi connectivity index (χ1v) is 14.7. The van der Waals surface area contributed by atoms with Gasteiger partial charge in [0.25, 0.3) is 17.7 Å². The lowest BCUT2D eigenvalue weighted by atomic mass is 9.88. The Kier molecular flexibility index (Phi) is 9.83. The highest BCUT2D eigenvalue weighted by atomic mass is 32.2. The second-order valence-electron chi connectivity index (χ2n) is 10.3. The minimum Gasteiger partial charge on any atom is -0.452 e. The van der Waals surface area contributed by atoms with E-state index >= 15 is 0 Å². The Hall–Kier alpha value is -3.69. The third-order valence-electron chi connectivity index (χ3n) is 7.33. The predicted octanol–water partition coefficient (Wildman–Crippen LogP) is -0.675. The Morgan fingerprint density at radius 3 is 2.34 bits per heavy atom. The van der Waals surface area contributed by atoms with Gasteiger partial charge in [-0.2, -0.15) is 0 Å². The number of nitrogens with zero attached hydrogens (tertiary/aromatic N) is 1. The molecule has 4 fully saturated rings. The lowest BCUT2D eigenvalue weighted by Gasteiger charge is -2.32. The van der Waals surface area contributed by atoms with E-state index in [0.29, 0.717) is 55.9 Å². The van der Waals surface area contributed by atoms with E-state index in [0.717, 1.165) is 0 Å². The minimum absolute atomic E-state index is 0.0154. The van der Waals surface area contributed by atoms with Gasteiger partial charge in [-0.3, -0.25) is 34.1 Å². The van der Waals surface area contributed by atoms with Gasteiger partial charge in [-0.15, -0.1) is 16.8 Å². The Morgan fingerprint density at radius 1 is 0.927 bits per heavy atom. The van der Waals surface area contributed by atoms with Crippen LogP contribution in [0.1, 0.15) is 70.6 Å². The van der Waals surface area contributed by atoms with Gasteiger partial charge < -0.3 is 25.5 Å². The fourth-order valence-corrected chi connectivity index (χ4v) is 6.87. The summed E-state index contributed by atoms with van der Waals surface area (Å²) in [5.41, 5.74) is 0. The summed E-state index contributed by atoms with van der Waals surface area (Å²) in [4.78, 5) is 100. The summed E-state index contributed by atoms with van der Waals surface area (Å²) in [6.45, 7) is 0.340. The Balaban J connectivity index is 1.19. The molecule has 0 aromatic heterocycles. The van der Waals surface area contributed by atoms with Crippen molar-refractivity contribution in [2.75, 3.05) is 12.3 Å². The fraction of sp³-hybridized carbons (Fsp3) is 0.680. The second kappa shape index (κ2) is 13.3. The number of hydroxylamine groups is 2. The van der Waals surface area contributed by atoms with Gasteiger partial charge in [0.15, 0.2) is 6.10 Å². The van der Waals surface area contributed by atoms with Crippen molar-refractivity contribution in [2.45, 2.75) is 93.6 Å². The lowest BCUT2D eigenvalue weighted by Crippen LogP contribution is -2.56. The molecule has 1 unspecified atom stereocenters. The van der Waals surface area contributed by atoms with Crippen LogP contribution in [0, 0.1) is 0 Å². The number of thioether (sulfide) groups is 1. The summed E-state index contributed by atoms with van der Waals surface area (Å²) in [5.74, 6) is -3.13. The van der Waals surface area contributed by atoms with Gasteiger partial charge in [-0.05, 0) is 25.7 Å². The van der Waals surface area contributed by atoms with Crippen molar-refractivity contribution in [3.63, 3.8) is 0 Å². The molecule has 41 heavy (non-hydrogen) atoms. The van der Waals surface area contributed by atoms with Crippen molar-refractivity contribution in [1.82, 2.24) is 26.3 Å². The van der Waals surface area contributed by atoms with Gasteiger partial charge in [0, 0.05) is 38.0 Å². The molecule has 0 saturated carbocycles. The summed E-state index contributed by atoms with van der Waals surface area (Å²) in [6.07, 6.45) is 1.67. The average Bonchev–Trinajstić information content (AvgIpc) is 3.64. The summed E-state index contributed by atoms with van der Waals surface area (Å²) >= 11 is 1.45. The molecule has 4 aliphatic rings. The molecule has 15 nitrogen and oxygen atoms in total. The maximum absolute atomic E-state index is 13.4. The Morgan fingerprint density at radius 2 is 1.63 bits per heavy atom. The van der Waals surface area contributed by atoms with Gasteiger partial charge in [-0.1, -0.05) is 12.8 Å². The number of ether oxygens (including phenoxy) is 1. The zero-order valence-electron chi connectivity index (χ0n) is 22.4. The van der Waals surface area contributed by atoms with E-state index in [1.165, 1.54) is 11.8 Å². The second-order valence-corrected chi connectivity index (χ2v) is 11.7. The summed E-state index contributed by atoms with van der Waals surface area (Å²) in [5, 5.41) is 11.2. The molecule has 0 radical (unpaired) electrons. The van der Waals surface area contributed by atoms with E-state index in [4.69, 9.17) is 9.57 Å². The number of hydrogen-bond donors (Lipinski definition) is 4. The van der Waals surface area contributed by atoms with Crippen LogP contribution in [0.5, 0.6) is 0 Å². The van der Waals surface area contributed by atoms with Crippen molar-refractivity contribution in [2.24, 2.45) is 0 Å². The van der Waals surface area contributed by atoms with E-state index in [-0.39, 0.29) is 50.1 Å². The van der Waals surface area contributed by atoms with Crippen LogP contribution < -0.4 is 21.3 Å². The minimum atomic E-state index is -1.11. The molecule has 4 heterocycles. The molecule has 16 heteroatoms. The van der Waals surface area contributed by atoms with Crippen molar-refractivity contribution in [3.8, 4) is 0 Å². The molecule has 0 aliphatic carbocycles. The molecule has 0 bridgehead atoms.